The third-order valence-electron chi connectivity index (χ3n) is 7.63. The summed E-state index contributed by atoms with van der Waals surface area (Å²) in [6.45, 7) is 2.12. The average Bonchev–Trinajstić information content (AvgIpc) is 2.66. The van der Waals surface area contributed by atoms with E-state index in [9.17, 15) is 13.2 Å². The molecule has 0 radical (unpaired) electrons. The maximum Gasteiger partial charge on any atom is 0.162 e. The normalized spacial score (nSPS) is 45.1. The standard InChI is InChI=1S/C23H37F3/c1-2-3-16-6-10-19(11-7-16)20-12-8-17(9-13-20)4-5-18-14-21(24)23(26)22(25)15-18/h2-3,16-23H,4-15H2,1H3/b3-2+. The van der Waals surface area contributed by atoms with Crippen LogP contribution in [0.3, 0.4) is 0 Å². The van der Waals surface area contributed by atoms with Crippen molar-refractivity contribution < 1.29 is 13.2 Å². The van der Waals surface area contributed by atoms with Gasteiger partial charge in [-0.05, 0) is 94.3 Å². The lowest BCUT2D eigenvalue weighted by atomic mass is 9.68. The molecule has 0 aromatic carbocycles. The molecule has 0 bridgehead atoms. The van der Waals surface area contributed by atoms with Gasteiger partial charge in [-0.3, -0.25) is 0 Å². The van der Waals surface area contributed by atoms with Gasteiger partial charge >= 0.3 is 0 Å². The summed E-state index contributed by atoms with van der Waals surface area (Å²) in [6.07, 6.45) is 12.7. The van der Waals surface area contributed by atoms with Crippen molar-refractivity contribution in [3.63, 3.8) is 0 Å². The van der Waals surface area contributed by atoms with Crippen LogP contribution >= 0.6 is 0 Å². The summed E-state index contributed by atoms with van der Waals surface area (Å²) >= 11 is 0. The van der Waals surface area contributed by atoms with Gasteiger partial charge in [0.2, 0.25) is 0 Å². The molecule has 0 aromatic heterocycles. The van der Waals surface area contributed by atoms with Crippen molar-refractivity contribution in [3.8, 4) is 0 Å². The molecule has 0 saturated heterocycles. The first-order valence-corrected chi connectivity index (χ1v) is 11.1. The molecular weight excluding hydrogens is 333 g/mol. The Kier molecular flexibility index (Phi) is 7.52. The summed E-state index contributed by atoms with van der Waals surface area (Å²) in [5.74, 6) is 3.42. The summed E-state index contributed by atoms with van der Waals surface area (Å²) in [5.41, 5.74) is 0. The lowest BCUT2D eigenvalue weighted by Gasteiger charge is -2.38. The zero-order valence-corrected chi connectivity index (χ0v) is 16.4. The van der Waals surface area contributed by atoms with Crippen LogP contribution in [-0.2, 0) is 0 Å². The average molecular weight is 371 g/mol. The minimum absolute atomic E-state index is 0.0478. The van der Waals surface area contributed by atoms with Crippen molar-refractivity contribution >= 4 is 0 Å². The minimum atomic E-state index is -1.88. The van der Waals surface area contributed by atoms with Gasteiger partial charge in [0.25, 0.3) is 0 Å². The highest BCUT2D eigenvalue weighted by Gasteiger charge is 2.39. The molecule has 3 rings (SSSR count). The van der Waals surface area contributed by atoms with Crippen LogP contribution in [0.5, 0.6) is 0 Å². The molecule has 150 valence electrons. The Morgan fingerprint density at radius 2 is 1.19 bits per heavy atom. The van der Waals surface area contributed by atoms with Crippen molar-refractivity contribution in [2.75, 3.05) is 0 Å². The van der Waals surface area contributed by atoms with Crippen LogP contribution in [0.1, 0.15) is 84.0 Å². The molecule has 0 N–H and O–H groups in total. The second kappa shape index (κ2) is 9.64. The maximum absolute atomic E-state index is 13.6. The van der Waals surface area contributed by atoms with E-state index in [1.807, 2.05) is 0 Å². The highest BCUT2D eigenvalue weighted by molar-refractivity contribution is 4.91. The van der Waals surface area contributed by atoms with Crippen LogP contribution < -0.4 is 0 Å². The van der Waals surface area contributed by atoms with Gasteiger partial charge in [0, 0.05) is 0 Å². The molecule has 3 heteroatoms. The fourth-order valence-corrected chi connectivity index (χ4v) is 5.96. The van der Waals surface area contributed by atoms with E-state index < -0.39 is 18.5 Å². The Morgan fingerprint density at radius 1 is 0.692 bits per heavy atom. The van der Waals surface area contributed by atoms with Crippen LogP contribution in [0.25, 0.3) is 0 Å². The largest absolute Gasteiger partial charge is 0.244 e. The van der Waals surface area contributed by atoms with Gasteiger partial charge in [0.05, 0.1) is 0 Å². The fourth-order valence-electron chi connectivity index (χ4n) is 5.96. The molecule has 3 aliphatic rings. The highest BCUT2D eigenvalue weighted by atomic mass is 19.2. The van der Waals surface area contributed by atoms with E-state index in [0.717, 1.165) is 36.5 Å². The van der Waals surface area contributed by atoms with Crippen LogP contribution in [0.2, 0.25) is 0 Å². The molecule has 0 spiro atoms. The smallest absolute Gasteiger partial charge is 0.162 e. The first kappa shape index (κ1) is 20.3. The predicted octanol–water partition coefficient (Wildman–Crippen LogP) is 7.38. The molecule has 0 amide bonds. The van der Waals surface area contributed by atoms with Crippen LogP contribution in [0, 0.1) is 29.6 Å². The van der Waals surface area contributed by atoms with E-state index in [4.69, 9.17) is 0 Å². The summed E-state index contributed by atoms with van der Waals surface area (Å²) in [5, 5.41) is 0. The summed E-state index contributed by atoms with van der Waals surface area (Å²) in [4.78, 5) is 0. The van der Waals surface area contributed by atoms with Crippen LogP contribution in [0.15, 0.2) is 12.2 Å². The predicted molar refractivity (Wildman–Crippen MR) is 102 cm³/mol. The summed E-state index contributed by atoms with van der Waals surface area (Å²) in [6, 6.07) is 0. The van der Waals surface area contributed by atoms with Crippen molar-refractivity contribution in [2.24, 2.45) is 29.6 Å². The third kappa shape index (κ3) is 5.29. The molecule has 26 heavy (non-hydrogen) atoms. The number of hydrogen-bond acceptors (Lipinski definition) is 0. The quantitative estimate of drug-likeness (QED) is 0.443. The SMILES string of the molecule is C/C=C/C1CCC(C2CCC(CCC3CC(F)C(F)C(F)C3)CC2)CC1. The second-order valence-corrected chi connectivity index (χ2v) is 9.37. The zero-order chi connectivity index (χ0) is 18.5. The first-order chi connectivity index (χ1) is 12.6. The maximum atomic E-state index is 13.6. The lowest BCUT2D eigenvalue weighted by molar-refractivity contribution is 0.0139. The van der Waals surface area contributed by atoms with Crippen molar-refractivity contribution in [3.05, 3.63) is 12.2 Å². The first-order valence-electron chi connectivity index (χ1n) is 11.1. The van der Waals surface area contributed by atoms with Gasteiger partial charge in [0.15, 0.2) is 6.17 Å². The molecule has 0 nitrogen and oxygen atoms in total. The molecule has 3 fully saturated rings. The highest BCUT2D eigenvalue weighted by Crippen LogP contribution is 2.43. The van der Waals surface area contributed by atoms with Gasteiger partial charge in [0.1, 0.15) is 12.3 Å². The molecule has 0 aliphatic heterocycles. The Balaban J connectivity index is 1.34. The number of rotatable bonds is 5. The van der Waals surface area contributed by atoms with Crippen LogP contribution in [0.4, 0.5) is 13.2 Å². The Bertz CT molecular complexity index is 421. The second-order valence-electron chi connectivity index (χ2n) is 9.37. The van der Waals surface area contributed by atoms with Crippen molar-refractivity contribution in [1.29, 1.82) is 0 Å². The van der Waals surface area contributed by atoms with E-state index >= 15 is 0 Å². The number of halogens is 3. The van der Waals surface area contributed by atoms with Gasteiger partial charge in [-0.25, -0.2) is 13.2 Å². The number of allylic oxidation sites excluding steroid dienone is 2. The number of alkyl halides is 3. The Hall–Kier alpha value is -0.470. The molecule has 3 saturated carbocycles. The Labute approximate surface area is 158 Å². The number of hydrogen-bond donors (Lipinski definition) is 0. The topological polar surface area (TPSA) is 0 Å². The third-order valence-corrected chi connectivity index (χ3v) is 7.63. The van der Waals surface area contributed by atoms with E-state index in [1.165, 1.54) is 51.4 Å². The van der Waals surface area contributed by atoms with Crippen LogP contribution in [-0.4, -0.2) is 18.5 Å². The monoisotopic (exact) mass is 370 g/mol. The minimum Gasteiger partial charge on any atom is -0.244 e. The molecular formula is C23H37F3. The fraction of sp³-hybridized carbons (Fsp3) is 0.913. The van der Waals surface area contributed by atoms with E-state index in [-0.39, 0.29) is 18.8 Å². The van der Waals surface area contributed by atoms with E-state index in [0.29, 0.717) is 0 Å². The van der Waals surface area contributed by atoms with Crippen molar-refractivity contribution in [2.45, 2.75) is 102 Å². The van der Waals surface area contributed by atoms with Gasteiger partial charge < -0.3 is 0 Å². The molecule has 0 heterocycles. The Morgan fingerprint density at radius 3 is 1.73 bits per heavy atom. The molecule has 0 aromatic rings. The zero-order valence-electron chi connectivity index (χ0n) is 16.4. The summed E-state index contributed by atoms with van der Waals surface area (Å²) < 4.78 is 40.4. The molecule has 2 unspecified atom stereocenters. The van der Waals surface area contributed by atoms with Gasteiger partial charge in [-0.2, -0.15) is 0 Å². The van der Waals surface area contributed by atoms with E-state index in [2.05, 4.69) is 19.1 Å². The summed E-state index contributed by atoms with van der Waals surface area (Å²) in [7, 11) is 0. The lowest BCUT2D eigenvalue weighted by Crippen LogP contribution is -2.37. The van der Waals surface area contributed by atoms with E-state index in [1.54, 1.807) is 0 Å². The molecule has 2 atom stereocenters. The van der Waals surface area contributed by atoms with Gasteiger partial charge in [-0.15, -0.1) is 0 Å². The molecule has 3 aliphatic carbocycles. The van der Waals surface area contributed by atoms with Gasteiger partial charge in [-0.1, -0.05) is 31.4 Å². The van der Waals surface area contributed by atoms with Crippen molar-refractivity contribution in [1.82, 2.24) is 0 Å².